The lowest BCUT2D eigenvalue weighted by Crippen LogP contribution is -2.49. The topological polar surface area (TPSA) is 41.5 Å². The van der Waals surface area contributed by atoms with Gasteiger partial charge in [0.15, 0.2) is 17.4 Å². The SMILES string of the molecule is CC(C)NC(C)(CO)CCCCOc1c(F)cccc1F. The molecule has 21 heavy (non-hydrogen) atoms. The zero-order chi connectivity index (χ0) is 15.9. The van der Waals surface area contributed by atoms with Crippen molar-refractivity contribution in [2.45, 2.75) is 51.6 Å². The molecular weight excluding hydrogens is 276 g/mol. The number of hydrogen-bond acceptors (Lipinski definition) is 3. The fraction of sp³-hybridized carbons (Fsp3) is 0.625. The minimum atomic E-state index is -0.684. The van der Waals surface area contributed by atoms with E-state index in [4.69, 9.17) is 4.74 Å². The summed E-state index contributed by atoms with van der Waals surface area (Å²) in [6.07, 6.45) is 2.24. The van der Waals surface area contributed by atoms with Gasteiger partial charge < -0.3 is 15.2 Å². The molecule has 0 heterocycles. The summed E-state index contributed by atoms with van der Waals surface area (Å²) in [5.41, 5.74) is -0.336. The molecule has 0 amide bonds. The van der Waals surface area contributed by atoms with Crippen LogP contribution in [-0.4, -0.2) is 29.9 Å². The second-order valence-corrected chi connectivity index (χ2v) is 5.87. The largest absolute Gasteiger partial charge is 0.488 e. The van der Waals surface area contributed by atoms with Gasteiger partial charge in [0.2, 0.25) is 0 Å². The molecule has 0 aliphatic carbocycles. The maximum Gasteiger partial charge on any atom is 0.190 e. The minimum absolute atomic E-state index is 0.0496. The second-order valence-electron chi connectivity index (χ2n) is 5.87. The molecule has 1 unspecified atom stereocenters. The van der Waals surface area contributed by atoms with Crippen LogP contribution in [0.4, 0.5) is 8.78 Å². The van der Waals surface area contributed by atoms with Crippen molar-refractivity contribution in [1.82, 2.24) is 5.32 Å². The molecule has 2 N–H and O–H groups in total. The number of benzene rings is 1. The van der Waals surface area contributed by atoms with Gasteiger partial charge >= 0.3 is 0 Å². The number of ether oxygens (including phenoxy) is 1. The monoisotopic (exact) mass is 301 g/mol. The van der Waals surface area contributed by atoms with Crippen LogP contribution in [0.25, 0.3) is 0 Å². The maximum absolute atomic E-state index is 13.3. The van der Waals surface area contributed by atoms with Gasteiger partial charge in [-0.2, -0.15) is 0 Å². The van der Waals surface area contributed by atoms with Crippen LogP contribution in [0.15, 0.2) is 18.2 Å². The molecule has 120 valence electrons. The maximum atomic E-state index is 13.3. The third kappa shape index (κ3) is 5.98. The summed E-state index contributed by atoms with van der Waals surface area (Å²) in [5, 5.41) is 12.8. The van der Waals surface area contributed by atoms with Gasteiger partial charge in [-0.3, -0.25) is 0 Å². The van der Waals surface area contributed by atoms with Crippen molar-refractivity contribution in [3.05, 3.63) is 29.8 Å². The Morgan fingerprint density at radius 1 is 1.24 bits per heavy atom. The highest BCUT2D eigenvalue weighted by molar-refractivity contribution is 5.25. The Hall–Kier alpha value is -1.20. The first kappa shape index (κ1) is 17.9. The molecule has 1 atom stereocenters. The van der Waals surface area contributed by atoms with E-state index in [9.17, 15) is 13.9 Å². The molecule has 0 saturated carbocycles. The molecule has 1 aromatic rings. The van der Waals surface area contributed by atoms with E-state index in [1.54, 1.807) is 0 Å². The number of unbranched alkanes of at least 4 members (excludes halogenated alkanes) is 1. The van der Waals surface area contributed by atoms with E-state index in [1.165, 1.54) is 18.2 Å². The predicted molar refractivity (Wildman–Crippen MR) is 79.5 cm³/mol. The summed E-state index contributed by atoms with van der Waals surface area (Å²) in [4.78, 5) is 0. The molecule has 0 aromatic heterocycles. The van der Waals surface area contributed by atoms with Crippen LogP contribution < -0.4 is 10.1 Å². The molecule has 0 fully saturated rings. The zero-order valence-corrected chi connectivity index (χ0v) is 13.0. The Labute approximate surface area is 125 Å². The molecule has 0 aliphatic heterocycles. The normalized spacial score (nSPS) is 14.2. The lowest BCUT2D eigenvalue weighted by molar-refractivity contribution is 0.151. The van der Waals surface area contributed by atoms with Gasteiger partial charge in [-0.15, -0.1) is 0 Å². The van der Waals surface area contributed by atoms with Crippen LogP contribution in [0.1, 0.15) is 40.0 Å². The average Bonchev–Trinajstić information content (AvgIpc) is 2.40. The smallest absolute Gasteiger partial charge is 0.190 e. The van der Waals surface area contributed by atoms with Crippen molar-refractivity contribution in [2.24, 2.45) is 0 Å². The quantitative estimate of drug-likeness (QED) is 0.688. The van der Waals surface area contributed by atoms with Crippen LogP contribution >= 0.6 is 0 Å². The van der Waals surface area contributed by atoms with Crippen LogP contribution in [0.3, 0.4) is 0 Å². The van der Waals surface area contributed by atoms with Gasteiger partial charge in [-0.05, 0) is 38.3 Å². The Morgan fingerprint density at radius 2 is 1.86 bits per heavy atom. The molecule has 0 bridgehead atoms. The summed E-state index contributed by atoms with van der Waals surface area (Å²) in [6, 6.07) is 3.94. The van der Waals surface area contributed by atoms with Gasteiger partial charge in [-0.1, -0.05) is 19.9 Å². The van der Waals surface area contributed by atoms with Crippen molar-refractivity contribution >= 4 is 0 Å². The van der Waals surface area contributed by atoms with Gasteiger partial charge in [-0.25, -0.2) is 8.78 Å². The summed E-state index contributed by atoms with van der Waals surface area (Å²) >= 11 is 0. The molecule has 3 nitrogen and oxygen atoms in total. The predicted octanol–water partition coefficient (Wildman–Crippen LogP) is 3.26. The molecule has 0 saturated heterocycles. The Bertz CT molecular complexity index is 420. The van der Waals surface area contributed by atoms with Crippen molar-refractivity contribution in [2.75, 3.05) is 13.2 Å². The van der Waals surface area contributed by atoms with Crippen molar-refractivity contribution in [1.29, 1.82) is 0 Å². The summed E-state index contributed by atoms with van der Waals surface area (Å²) < 4.78 is 31.8. The first-order chi connectivity index (χ1) is 9.88. The second kappa shape index (κ2) is 8.29. The number of aliphatic hydroxyl groups excluding tert-OH is 1. The van der Waals surface area contributed by atoms with Gasteiger partial charge in [0.1, 0.15) is 0 Å². The molecule has 0 aliphatic rings. The number of para-hydroxylation sites is 1. The molecule has 5 heteroatoms. The third-order valence-electron chi connectivity index (χ3n) is 3.27. The number of rotatable bonds is 9. The number of nitrogens with one attached hydrogen (secondary N) is 1. The van der Waals surface area contributed by atoms with Crippen LogP contribution in [0.2, 0.25) is 0 Å². The zero-order valence-electron chi connectivity index (χ0n) is 13.0. The third-order valence-corrected chi connectivity index (χ3v) is 3.27. The van der Waals surface area contributed by atoms with Crippen molar-refractivity contribution in [3.63, 3.8) is 0 Å². The highest BCUT2D eigenvalue weighted by atomic mass is 19.1. The molecular formula is C16H25F2NO2. The fourth-order valence-electron chi connectivity index (χ4n) is 2.31. The van der Waals surface area contributed by atoms with Crippen LogP contribution in [0, 0.1) is 11.6 Å². The van der Waals surface area contributed by atoms with Gasteiger partial charge in [0, 0.05) is 11.6 Å². The Balaban J connectivity index is 2.34. The van der Waals surface area contributed by atoms with E-state index < -0.39 is 11.6 Å². The Kier molecular flexibility index (Phi) is 7.05. The number of hydrogen-bond donors (Lipinski definition) is 2. The van der Waals surface area contributed by atoms with Crippen LogP contribution in [0.5, 0.6) is 5.75 Å². The van der Waals surface area contributed by atoms with E-state index in [1.807, 2.05) is 20.8 Å². The average molecular weight is 301 g/mol. The fourth-order valence-corrected chi connectivity index (χ4v) is 2.31. The summed E-state index contributed by atoms with van der Waals surface area (Å²) in [7, 11) is 0. The number of aliphatic hydroxyl groups is 1. The van der Waals surface area contributed by atoms with Gasteiger partial charge in [0.05, 0.1) is 13.2 Å². The van der Waals surface area contributed by atoms with Gasteiger partial charge in [0.25, 0.3) is 0 Å². The van der Waals surface area contributed by atoms with Crippen molar-refractivity contribution < 1.29 is 18.6 Å². The van der Waals surface area contributed by atoms with E-state index in [2.05, 4.69) is 5.32 Å². The lowest BCUT2D eigenvalue weighted by atomic mass is 9.95. The Morgan fingerprint density at radius 3 is 2.38 bits per heavy atom. The van der Waals surface area contributed by atoms with E-state index in [0.717, 1.165) is 12.8 Å². The molecule has 1 aromatic carbocycles. The van der Waals surface area contributed by atoms with E-state index >= 15 is 0 Å². The van der Waals surface area contributed by atoms with E-state index in [-0.39, 0.29) is 30.5 Å². The standard InChI is InChI=1S/C16H25F2NO2/c1-12(2)19-16(3,11-20)9-4-5-10-21-15-13(17)7-6-8-14(15)18/h6-8,12,19-20H,4-5,9-11H2,1-3H3. The minimum Gasteiger partial charge on any atom is -0.488 e. The highest BCUT2D eigenvalue weighted by Crippen LogP contribution is 2.21. The lowest BCUT2D eigenvalue weighted by Gasteiger charge is -2.31. The molecule has 0 spiro atoms. The van der Waals surface area contributed by atoms with E-state index in [0.29, 0.717) is 6.42 Å². The number of halogens is 2. The first-order valence-corrected chi connectivity index (χ1v) is 7.33. The van der Waals surface area contributed by atoms with Crippen LogP contribution in [-0.2, 0) is 0 Å². The summed E-state index contributed by atoms with van der Waals surface area (Å²) in [5.74, 6) is -1.68. The highest BCUT2D eigenvalue weighted by Gasteiger charge is 2.23. The molecule has 0 radical (unpaired) electrons. The first-order valence-electron chi connectivity index (χ1n) is 7.33. The molecule has 1 rings (SSSR count). The summed E-state index contributed by atoms with van der Waals surface area (Å²) in [6.45, 7) is 6.31. The van der Waals surface area contributed by atoms with Crippen molar-refractivity contribution in [3.8, 4) is 5.75 Å².